The Kier molecular flexibility index (Phi) is 5.05. The molecule has 0 fully saturated rings. The molecule has 142 valence electrons. The molecule has 0 aliphatic carbocycles. The number of halogens is 1. The van der Waals surface area contributed by atoms with E-state index in [1.165, 1.54) is 29.8 Å². The van der Waals surface area contributed by atoms with Crippen LogP contribution < -0.4 is 4.80 Å². The molecule has 1 amide bonds. The van der Waals surface area contributed by atoms with Crippen molar-refractivity contribution in [2.45, 2.75) is 13.5 Å². The zero-order chi connectivity index (χ0) is 19.8. The SMILES string of the molecule is COC(=O)Cn1c(=NC(=O)c2sc3ccccc3c2Cl)sc2cc(C)ccc21. The van der Waals surface area contributed by atoms with E-state index in [1.54, 1.807) is 4.57 Å². The van der Waals surface area contributed by atoms with Gasteiger partial charge in [0.05, 0.1) is 22.3 Å². The van der Waals surface area contributed by atoms with Gasteiger partial charge in [-0.15, -0.1) is 11.3 Å². The van der Waals surface area contributed by atoms with Crippen LogP contribution in [0.25, 0.3) is 20.3 Å². The first-order chi connectivity index (χ1) is 13.5. The lowest BCUT2D eigenvalue weighted by Gasteiger charge is -2.03. The van der Waals surface area contributed by atoms with Crippen LogP contribution >= 0.6 is 34.3 Å². The summed E-state index contributed by atoms with van der Waals surface area (Å²) in [6.07, 6.45) is 0. The number of nitrogens with zero attached hydrogens (tertiary/aromatic N) is 2. The van der Waals surface area contributed by atoms with Crippen LogP contribution in [0.5, 0.6) is 0 Å². The lowest BCUT2D eigenvalue weighted by molar-refractivity contribution is -0.141. The summed E-state index contributed by atoms with van der Waals surface area (Å²) in [5.74, 6) is -0.831. The van der Waals surface area contributed by atoms with E-state index in [9.17, 15) is 9.59 Å². The van der Waals surface area contributed by atoms with E-state index in [4.69, 9.17) is 16.3 Å². The second-order valence-electron chi connectivity index (χ2n) is 6.18. The fraction of sp³-hybridized carbons (Fsp3) is 0.150. The number of carbonyl (C=O) groups is 2. The van der Waals surface area contributed by atoms with Crippen LogP contribution in [0.3, 0.4) is 0 Å². The molecule has 0 N–H and O–H groups in total. The highest BCUT2D eigenvalue weighted by molar-refractivity contribution is 7.21. The average Bonchev–Trinajstić information content (AvgIpc) is 3.19. The first-order valence-electron chi connectivity index (χ1n) is 8.41. The third kappa shape index (κ3) is 3.37. The number of aromatic nitrogens is 1. The summed E-state index contributed by atoms with van der Waals surface area (Å²) < 4.78 is 8.37. The molecule has 2 aromatic carbocycles. The van der Waals surface area contributed by atoms with Gasteiger partial charge in [-0.1, -0.05) is 47.2 Å². The monoisotopic (exact) mass is 430 g/mol. The zero-order valence-electron chi connectivity index (χ0n) is 15.1. The Balaban J connectivity index is 1.87. The second kappa shape index (κ2) is 7.50. The molecule has 4 aromatic rings. The average molecular weight is 431 g/mol. The van der Waals surface area contributed by atoms with Gasteiger partial charge < -0.3 is 9.30 Å². The fourth-order valence-corrected chi connectivity index (χ4v) is 5.42. The van der Waals surface area contributed by atoms with Crippen molar-refractivity contribution in [1.82, 2.24) is 4.57 Å². The van der Waals surface area contributed by atoms with Crippen LogP contribution in [0.4, 0.5) is 0 Å². The number of aryl methyl sites for hydroxylation is 1. The molecule has 2 aromatic heterocycles. The number of esters is 1. The molecule has 0 bridgehead atoms. The van der Waals surface area contributed by atoms with Gasteiger partial charge in [-0.3, -0.25) is 9.59 Å². The number of hydrogen-bond donors (Lipinski definition) is 0. The normalized spacial score (nSPS) is 12.0. The molecule has 0 radical (unpaired) electrons. The van der Waals surface area contributed by atoms with Gasteiger partial charge >= 0.3 is 5.97 Å². The number of methoxy groups -OCH3 is 1. The Morgan fingerprint density at radius 1 is 1.14 bits per heavy atom. The quantitative estimate of drug-likeness (QED) is 0.439. The number of hydrogen-bond acceptors (Lipinski definition) is 5. The molecule has 0 aliphatic heterocycles. The van der Waals surface area contributed by atoms with Gasteiger partial charge in [0.15, 0.2) is 4.80 Å². The molecule has 8 heteroatoms. The number of thiophene rings is 1. The van der Waals surface area contributed by atoms with Crippen LogP contribution in [0.2, 0.25) is 5.02 Å². The number of carbonyl (C=O) groups excluding carboxylic acids is 2. The largest absolute Gasteiger partial charge is 0.468 e. The standard InChI is InChI=1S/C20H15ClN2O3S2/c1-11-7-8-13-15(9-11)28-20(23(13)10-16(24)26-2)22-19(25)18-17(21)12-5-3-4-6-14(12)27-18/h3-9H,10H2,1-2H3. The summed E-state index contributed by atoms with van der Waals surface area (Å²) in [6, 6.07) is 13.5. The van der Waals surface area contributed by atoms with E-state index in [0.717, 1.165) is 25.9 Å². The Bertz CT molecular complexity index is 1300. The van der Waals surface area contributed by atoms with Gasteiger partial charge in [0.1, 0.15) is 11.4 Å². The molecule has 0 spiro atoms. The van der Waals surface area contributed by atoms with Gasteiger partial charge in [-0.25, -0.2) is 0 Å². The Morgan fingerprint density at radius 2 is 1.93 bits per heavy atom. The Labute approximate surface area is 173 Å². The van der Waals surface area contributed by atoms with Crippen molar-refractivity contribution in [3.05, 3.63) is 62.7 Å². The molecule has 0 saturated heterocycles. The summed E-state index contributed by atoms with van der Waals surface area (Å²) in [5.41, 5.74) is 1.92. The summed E-state index contributed by atoms with van der Waals surface area (Å²) in [6.45, 7) is 1.97. The van der Waals surface area contributed by atoms with Crippen molar-refractivity contribution in [3.8, 4) is 0 Å². The number of benzene rings is 2. The van der Waals surface area contributed by atoms with Crippen molar-refractivity contribution in [1.29, 1.82) is 0 Å². The fourth-order valence-electron chi connectivity index (χ4n) is 2.90. The topological polar surface area (TPSA) is 60.7 Å². The van der Waals surface area contributed by atoms with Crippen molar-refractivity contribution in [2.75, 3.05) is 7.11 Å². The first kappa shape index (κ1) is 18.9. The lowest BCUT2D eigenvalue weighted by Crippen LogP contribution is -2.22. The lowest BCUT2D eigenvalue weighted by atomic mass is 10.2. The highest BCUT2D eigenvalue weighted by Crippen LogP contribution is 2.35. The highest BCUT2D eigenvalue weighted by atomic mass is 35.5. The molecule has 28 heavy (non-hydrogen) atoms. The van der Waals surface area contributed by atoms with E-state index in [2.05, 4.69) is 4.99 Å². The first-order valence-corrected chi connectivity index (χ1v) is 10.4. The van der Waals surface area contributed by atoms with Gasteiger partial charge in [0, 0.05) is 10.1 Å². The number of thiazole rings is 1. The molecular formula is C20H15ClN2O3S2. The third-order valence-corrected chi connectivity index (χ3v) is 6.98. The highest BCUT2D eigenvalue weighted by Gasteiger charge is 2.18. The summed E-state index contributed by atoms with van der Waals surface area (Å²) in [4.78, 5) is 29.9. The summed E-state index contributed by atoms with van der Waals surface area (Å²) in [5, 5.41) is 1.24. The van der Waals surface area contributed by atoms with Crippen LogP contribution in [0, 0.1) is 6.92 Å². The molecule has 0 saturated carbocycles. The van der Waals surface area contributed by atoms with Crippen molar-refractivity contribution < 1.29 is 14.3 Å². The molecule has 0 atom stereocenters. The van der Waals surface area contributed by atoms with Gasteiger partial charge in [-0.05, 0) is 30.7 Å². The minimum atomic E-state index is -0.423. The van der Waals surface area contributed by atoms with Gasteiger partial charge in [0.25, 0.3) is 5.91 Å². The summed E-state index contributed by atoms with van der Waals surface area (Å²) in [7, 11) is 1.33. The molecule has 2 heterocycles. The smallest absolute Gasteiger partial charge is 0.325 e. The maximum Gasteiger partial charge on any atom is 0.325 e. The number of ether oxygens (including phenoxy) is 1. The Hall–Kier alpha value is -2.48. The van der Waals surface area contributed by atoms with E-state index in [0.29, 0.717) is 14.7 Å². The Morgan fingerprint density at radius 3 is 2.68 bits per heavy atom. The van der Waals surface area contributed by atoms with Crippen LogP contribution in [0.15, 0.2) is 47.5 Å². The predicted octanol–water partition coefficient (Wildman–Crippen LogP) is 4.79. The van der Waals surface area contributed by atoms with E-state index in [-0.39, 0.29) is 6.54 Å². The molecule has 0 unspecified atom stereocenters. The summed E-state index contributed by atoms with van der Waals surface area (Å²) >= 11 is 9.09. The van der Waals surface area contributed by atoms with Crippen molar-refractivity contribution in [3.63, 3.8) is 0 Å². The molecule has 5 nitrogen and oxygen atoms in total. The second-order valence-corrected chi connectivity index (χ2v) is 8.62. The van der Waals surface area contributed by atoms with Crippen LogP contribution in [0.1, 0.15) is 15.2 Å². The minimum Gasteiger partial charge on any atom is -0.468 e. The molecule has 4 rings (SSSR count). The van der Waals surface area contributed by atoms with Gasteiger partial charge in [-0.2, -0.15) is 4.99 Å². The predicted molar refractivity (Wildman–Crippen MR) is 113 cm³/mol. The van der Waals surface area contributed by atoms with Crippen LogP contribution in [-0.4, -0.2) is 23.6 Å². The number of amides is 1. The van der Waals surface area contributed by atoms with Crippen molar-refractivity contribution >= 4 is 66.5 Å². The van der Waals surface area contributed by atoms with Gasteiger partial charge in [0.2, 0.25) is 0 Å². The number of rotatable bonds is 3. The van der Waals surface area contributed by atoms with Crippen molar-refractivity contribution in [2.24, 2.45) is 4.99 Å². The zero-order valence-corrected chi connectivity index (χ0v) is 17.5. The maximum atomic E-state index is 12.9. The third-order valence-electron chi connectivity index (χ3n) is 4.28. The van der Waals surface area contributed by atoms with E-state index >= 15 is 0 Å². The molecule has 0 aliphatic rings. The minimum absolute atomic E-state index is 0.0220. The van der Waals surface area contributed by atoms with E-state index in [1.807, 2.05) is 49.4 Å². The number of fused-ring (bicyclic) bond motifs is 2. The van der Waals surface area contributed by atoms with E-state index < -0.39 is 11.9 Å². The molecular weight excluding hydrogens is 416 g/mol. The van der Waals surface area contributed by atoms with Crippen LogP contribution in [-0.2, 0) is 16.1 Å². The maximum absolute atomic E-state index is 12.9.